The molecule has 19 heavy (non-hydrogen) atoms. The van der Waals surface area contributed by atoms with Crippen LogP contribution >= 0.6 is 0 Å². The van der Waals surface area contributed by atoms with E-state index in [0.29, 0.717) is 5.69 Å². The summed E-state index contributed by atoms with van der Waals surface area (Å²) in [5.41, 5.74) is 6.99. The number of unbranched alkanes of at least 4 members (excludes halogenated alkanes) is 3. The summed E-state index contributed by atoms with van der Waals surface area (Å²) in [5.74, 6) is 0.622. The fraction of sp³-hybridized carbons (Fsp3) is 0.429. The maximum atomic E-state index is 12.8. The number of aromatic amines is 1. The van der Waals surface area contributed by atoms with Crippen molar-refractivity contribution < 1.29 is 4.39 Å². The van der Waals surface area contributed by atoms with Gasteiger partial charge in [0.15, 0.2) is 0 Å². The summed E-state index contributed by atoms with van der Waals surface area (Å²) < 4.78 is 12.8. The number of hydrogen-bond acceptors (Lipinski definition) is 3. The third-order valence-corrected chi connectivity index (χ3v) is 3.00. The van der Waals surface area contributed by atoms with Crippen LogP contribution in [0, 0.1) is 5.82 Å². The second kappa shape index (κ2) is 6.99. The van der Waals surface area contributed by atoms with Gasteiger partial charge in [-0.15, -0.1) is 0 Å². The zero-order valence-corrected chi connectivity index (χ0v) is 10.9. The first-order valence-corrected chi connectivity index (χ1v) is 6.65. The number of aromatic nitrogens is 3. The fourth-order valence-corrected chi connectivity index (χ4v) is 1.95. The number of rotatable bonds is 7. The van der Waals surface area contributed by atoms with Crippen molar-refractivity contribution in [2.75, 3.05) is 6.54 Å². The van der Waals surface area contributed by atoms with Gasteiger partial charge in [-0.3, -0.25) is 4.98 Å². The van der Waals surface area contributed by atoms with E-state index in [-0.39, 0.29) is 5.82 Å². The fourth-order valence-electron chi connectivity index (χ4n) is 1.95. The van der Waals surface area contributed by atoms with Gasteiger partial charge in [0.2, 0.25) is 0 Å². The molecule has 0 unspecified atom stereocenters. The van der Waals surface area contributed by atoms with E-state index >= 15 is 0 Å². The molecule has 0 bridgehead atoms. The Kier molecular flexibility index (Phi) is 5.03. The van der Waals surface area contributed by atoms with E-state index in [0.717, 1.165) is 37.3 Å². The van der Waals surface area contributed by atoms with Gasteiger partial charge in [0, 0.05) is 6.42 Å². The topological polar surface area (TPSA) is 67.6 Å². The molecule has 0 aliphatic heterocycles. The number of H-pyrrole nitrogens is 1. The van der Waals surface area contributed by atoms with Crippen LogP contribution in [0.2, 0.25) is 0 Å². The minimum Gasteiger partial charge on any atom is -0.341 e. The maximum Gasteiger partial charge on any atom is 0.141 e. The van der Waals surface area contributed by atoms with Gasteiger partial charge >= 0.3 is 0 Å². The van der Waals surface area contributed by atoms with Crippen molar-refractivity contribution in [3.8, 4) is 11.4 Å². The molecule has 2 rings (SSSR count). The molecule has 0 radical (unpaired) electrons. The van der Waals surface area contributed by atoms with Crippen LogP contribution in [0.15, 0.2) is 24.5 Å². The third-order valence-electron chi connectivity index (χ3n) is 3.00. The van der Waals surface area contributed by atoms with Crippen molar-refractivity contribution in [2.45, 2.75) is 32.1 Å². The summed E-state index contributed by atoms with van der Waals surface area (Å²) in [6, 6.07) is 3.05. The van der Waals surface area contributed by atoms with E-state index in [4.69, 9.17) is 5.73 Å². The van der Waals surface area contributed by atoms with E-state index in [9.17, 15) is 4.39 Å². The molecule has 0 aromatic carbocycles. The standard InChI is InChI=1S/C14H19FN4/c15-11-6-7-12(17-9-11)13-10-18-14(19-13)5-3-1-2-4-8-16/h6-7,9-10H,1-5,8,16H2,(H,18,19). The second-order valence-electron chi connectivity index (χ2n) is 4.56. The average molecular weight is 262 g/mol. The van der Waals surface area contributed by atoms with Gasteiger partial charge in [-0.25, -0.2) is 9.37 Å². The van der Waals surface area contributed by atoms with Crippen LogP contribution in [-0.2, 0) is 6.42 Å². The molecule has 0 atom stereocenters. The summed E-state index contributed by atoms with van der Waals surface area (Å²) in [6.45, 7) is 0.765. The lowest BCUT2D eigenvalue weighted by atomic mass is 10.1. The molecule has 5 heteroatoms. The van der Waals surface area contributed by atoms with Crippen molar-refractivity contribution >= 4 is 0 Å². The van der Waals surface area contributed by atoms with Crippen molar-refractivity contribution in [2.24, 2.45) is 5.73 Å². The number of imidazole rings is 1. The van der Waals surface area contributed by atoms with Crippen LogP contribution in [-0.4, -0.2) is 21.5 Å². The van der Waals surface area contributed by atoms with Crippen LogP contribution < -0.4 is 5.73 Å². The van der Waals surface area contributed by atoms with Crippen LogP contribution in [0.3, 0.4) is 0 Å². The minimum atomic E-state index is -0.330. The first-order valence-electron chi connectivity index (χ1n) is 6.65. The van der Waals surface area contributed by atoms with Crippen LogP contribution in [0.5, 0.6) is 0 Å². The molecule has 0 saturated heterocycles. The summed E-state index contributed by atoms with van der Waals surface area (Å²) in [4.78, 5) is 11.6. The Morgan fingerprint density at radius 2 is 1.89 bits per heavy atom. The van der Waals surface area contributed by atoms with Gasteiger partial charge in [0.25, 0.3) is 0 Å². The van der Waals surface area contributed by atoms with Gasteiger partial charge < -0.3 is 10.7 Å². The highest BCUT2D eigenvalue weighted by Gasteiger charge is 2.04. The Morgan fingerprint density at radius 1 is 1.05 bits per heavy atom. The molecule has 0 aliphatic rings. The van der Waals surface area contributed by atoms with Gasteiger partial charge in [0.05, 0.1) is 23.8 Å². The molecular formula is C14H19FN4. The molecule has 2 heterocycles. The Hall–Kier alpha value is -1.75. The van der Waals surface area contributed by atoms with E-state index in [2.05, 4.69) is 15.0 Å². The zero-order valence-electron chi connectivity index (χ0n) is 10.9. The summed E-state index contributed by atoms with van der Waals surface area (Å²) >= 11 is 0. The lowest BCUT2D eigenvalue weighted by Gasteiger charge is -1.98. The van der Waals surface area contributed by atoms with Crippen LogP contribution in [0.1, 0.15) is 31.5 Å². The third kappa shape index (κ3) is 4.13. The molecule has 102 valence electrons. The van der Waals surface area contributed by atoms with Crippen LogP contribution in [0.25, 0.3) is 11.4 Å². The van der Waals surface area contributed by atoms with Crippen molar-refractivity contribution in [1.82, 2.24) is 15.0 Å². The molecule has 0 saturated carbocycles. The molecule has 0 spiro atoms. The van der Waals surface area contributed by atoms with E-state index in [1.54, 1.807) is 12.3 Å². The van der Waals surface area contributed by atoms with Gasteiger partial charge in [-0.05, 0) is 31.5 Å². The number of halogens is 1. The molecular weight excluding hydrogens is 243 g/mol. The van der Waals surface area contributed by atoms with E-state index in [1.165, 1.54) is 25.1 Å². The van der Waals surface area contributed by atoms with E-state index < -0.39 is 0 Å². The van der Waals surface area contributed by atoms with Crippen molar-refractivity contribution in [3.05, 3.63) is 36.2 Å². The SMILES string of the molecule is NCCCCCCc1ncc(-c2ccc(F)cn2)[nH]1. The Labute approximate surface area is 112 Å². The van der Waals surface area contributed by atoms with Crippen LogP contribution in [0.4, 0.5) is 4.39 Å². The predicted octanol–water partition coefficient (Wildman–Crippen LogP) is 2.67. The highest BCUT2D eigenvalue weighted by molar-refractivity contribution is 5.52. The molecule has 2 aromatic heterocycles. The Balaban J connectivity index is 1.86. The lowest BCUT2D eigenvalue weighted by molar-refractivity contribution is 0.622. The average Bonchev–Trinajstić information content (AvgIpc) is 2.88. The monoisotopic (exact) mass is 262 g/mol. The number of pyridine rings is 1. The highest BCUT2D eigenvalue weighted by atomic mass is 19.1. The Morgan fingerprint density at radius 3 is 2.63 bits per heavy atom. The predicted molar refractivity (Wildman–Crippen MR) is 73.0 cm³/mol. The first-order chi connectivity index (χ1) is 9.29. The number of nitrogens with two attached hydrogens (primary N) is 1. The van der Waals surface area contributed by atoms with Gasteiger partial charge in [-0.2, -0.15) is 0 Å². The molecule has 0 amide bonds. The van der Waals surface area contributed by atoms with Crippen molar-refractivity contribution in [3.63, 3.8) is 0 Å². The molecule has 0 fully saturated rings. The Bertz CT molecular complexity index is 492. The van der Waals surface area contributed by atoms with Gasteiger partial charge in [-0.1, -0.05) is 12.8 Å². The number of nitrogens with zero attached hydrogens (tertiary/aromatic N) is 2. The largest absolute Gasteiger partial charge is 0.341 e. The normalized spacial score (nSPS) is 10.8. The number of aryl methyl sites for hydroxylation is 1. The zero-order chi connectivity index (χ0) is 13.5. The lowest BCUT2D eigenvalue weighted by Crippen LogP contribution is -1.98. The molecule has 3 N–H and O–H groups in total. The maximum absolute atomic E-state index is 12.8. The smallest absolute Gasteiger partial charge is 0.141 e. The summed E-state index contributed by atoms with van der Waals surface area (Å²) in [6.07, 6.45) is 8.40. The van der Waals surface area contributed by atoms with Crippen molar-refractivity contribution in [1.29, 1.82) is 0 Å². The quantitative estimate of drug-likeness (QED) is 0.754. The molecule has 2 aromatic rings. The number of hydrogen-bond donors (Lipinski definition) is 2. The number of nitrogens with one attached hydrogen (secondary N) is 1. The van der Waals surface area contributed by atoms with E-state index in [1.807, 2.05) is 0 Å². The first kappa shape index (κ1) is 13.7. The summed E-state index contributed by atoms with van der Waals surface area (Å²) in [7, 11) is 0. The molecule has 4 nitrogen and oxygen atoms in total. The summed E-state index contributed by atoms with van der Waals surface area (Å²) in [5, 5.41) is 0. The second-order valence-corrected chi connectivity index (χ2v) is 4.56. The highest BCUT2D eigenvalue weighted by Crippen LogP contribution is 2.15. The molecule has 0 aliphatic carbocycles. The van der Waals surface area contributed by atoms with Gasteiger partial charge in [0.1, 0.15) is 11.6 Å². The minimum absolute atomic E-state index is 0.330.